The van der Waals surface area contributed by atoms with Crippen LogP contribution in [0.1, 0.15) is 36.5 Å². The van der Waals surface area contributed by atoms with Crippen molar-refractivity contribution in [2.45, 2.75) is 32.3 Å². The van der Waals surface area contributed by atoms with E-state index in [9.17, 15) is 9.90 Å². The molecule has 3 aromatic rings. The first-order valence-corrected chi connectivity index (χ1v) is 11.1. The average Bonchev–Trinajstić information content (AvgIpc) is 3.18. The van der Waals surface area contributed by atoms with Gasteiger partial charge in [0.1, 0.15) is 41.9 Å². The maximum absolute atomic E-state index is 12.7. The number of aliphatic hydroxyl groups is 1. The first-order chi connectivity index (χ1) is 15.2. The smallest absolute Gasteiger partial charge is 0.342 e. The number of quaternary nitrogens is 1. The lowest BCUT2D eigenvalue weighted by molar-refractivity contribution is -0.908. The summed E-state index contributed by atoms with van der Waals surface area (Å²) in [6, 6.07) is 14.9. The number of benzene rings is 2. The number of hydrogen-bond donors (Lipinski definition) is 2. The normalized spacial score (nSPS) is 15.7. The Bertz CT molecular complexity index is 1010. The van der Waals surface area contributed by atoms with Gasteiger partial charge < -0.3 is 23.9 Å². The maximum Gasteiger partial charge on any atom is 0.342 e. The molecule has 0 aliphatic carbocycles. The molecule has 4 rings (SSSR count). The molecule has 2 aromatic carbocycles. The highest BCUT2D eigenvalue weighted by Crippen LogP contribution is 2.36. The minimum Gasteiger partial charge on any atom is -0.491 e. The summed E-state index contributed by atoms with van der Waals surface area (Å²) < 4.78 is 17.2. The molecule has 6 heteroatoms. The zero-order chi connectivity index (χ0) is 21.6. The van der Waals surface area contributed by atoms with E-state index in [0.717, 1.165) is 18.7 Å². The second-order valence-corrected chi connectivity index (χ2v) is 8.03. The third-order valence-electron chi connectivity index (χ3n) is 5.70. The molecule has 1 saturated heterocycles. The highest BCUT2D eigenvalue weighted by atomic mass is 16.5. The summed E-state index contributed by atoms with van der Waals surface area (Å²) in [5.41, 5.74) is 1.79. The van der Waals surface area contributed by atoms with E-state index < -0.39 is 12.1 Å². The third-order valence-corrected chi connectivity index (χ3v) is 5.70. The zero-order valence-corrected chi connectivity index (χ0v) is 17.9. The Labute approximate surface area is 182 Å². The molecule has 1 aromatic heterocycles. The number of ether oxygens (including phenoxy) is 2. The van der Waals surface area contributed by atoms with E-state index in [1.54, 1.807) is 25.1 Å². The van der Waals surface area contributed by atoms with Crippen LogP contribution in [0.4, 0.5) is 0 Å². The van der Waals surface area contributed by atoms with Gasteiger partial charge in [-0.15, -0.1) is 0 Å². The number of carbonyl (C=O) groups is 1. The molecule has 0 unspecified atom stereocenters. The van der Waals surface area contributed by atoms with Crippen LogP contribution in [0.5, 0.6) is 5.75 Å². The Morgan fingerprint density at radius 3 is 2.65 bits per heavy atom. The van der Waals surface area contributed by atoms with Crippen molar-refractivity contribution >= 4 is 16.9 Å². The summed E-state index contributed by atoms with van der Waals surface area (Å²) in [5.74, 6) is 0.650. The van der Waals surface area contributed by atoms with Crippen molar-refractivity contribution in [3.8, 4) is 17.1 Å². The van der Waals surface area contributed by atoms with E-state index in [-0.39, 0.29) is 13.2 Å². The van der Waals surface area contributed by atoms with Crippen LogP contribution in [0, 0.1) is 0 Å². The van der Waals surface area contributed by atoms with Gasteiger partial charge in [-0.25, -0.2) is 4.79 Å². The number of esters is 1. The molecule has 1 aliphatic heterocycles. The lowest BCUT2D eigenvalue weighted by atomic mass is 10.1. The van der Waals surface area contributed by atoms with Crippen molar-refractivity contribution < 1.29 is 28.7 Å². The molecule has 0 spiro atoms. The van der Waals surface area contributed by atoms with Crippen LogP contribution in [0.3, 0.4) is 0 Å². The molecular weight excluding hydrogens is 394 g/mol. The number of furan rings is 1. The molecule has 31 heavy (non-hydrogen) atoms. The summed E-state index contributed by atoms with van der Waals surface area (Å²) >= 11 is 0. The predicted octanol–water partition coefficient (Wildman–Crippen LogP) is 3.09. The predicted molar refractivity (Wildman–Crippen MR) is 119 cm³/mol. The maximum atomic E-state index is 12.7. The van der Waals surface area contributed by atoms with Crippen molar-refractivity contribution in [2.75, 3.05) is 32.8 Å². The second-order valence-electron chi connectivity index (χ2n) is 8.03. The van der Waals surface area contributed by atoms with Crippen LogP contribution < -0.4 is 9.64 Å². The van der Waals surface area contributed by atoms with E-state index in [0.29, 0.717) is 34.6 Å². The molecule has 2 N–H and O–H groups in total. The lowest BCUT2D eigenvalue weighted by Gasteiger charge is -2.25. The summed E-state index contributed by atoms with van der Waals surface area (Å²) in [6.45, 7) is 5.20. The molecule has 0 radical (unpaired) electrons. The standard InChI is InChI=1S/C25H29NO5/c1-2-29-25(28)23-21-15-20(30-17-19(27)16-26-13-7-4-8-14-26)11-12-22(21)31-24(23)18-9-5-3-6-10-18/h3,5-6,9-12,15,19,27H,2,4,7-8,13-14,16-17H2,1H3/p+1/t19-/m0/s1. The first kappa shape index (κ1) is 21.4. The van der Waals surface area contributed by atoms with Crippen LogP contribution in [0.25, 0.3) is 22.3 Å². The molecular formula is C25H30NO5+. The van der Waals surface area contributed by atoms with Crippen LogP contribution in [-0.2, 0) is 4.74 Å². The molecule has 0 bridgehead atoms. The quantitative estimate of drug-likeness (QED) is 0.544. The van der Waals surface area contributed by atoms with Gasteiger partial charge in [-0.05, 0) is 44.4 Å². The van der Waals surface area contributed by atoms with E-state index >= 15 is 0 Å². The zero-order valence-electron chi connectivity index (χ0n) is 17.9. The molecule has 2 heterocycles. The molecule has 6 nitrogen and oxygen atoms in total. The van der Waals surface area contributed by atoms with Gasteiger partial charge in [-0.1, -0.05) is 30.3 Å². The Morgan fingerprint density at radius 2 is 1.90 bits per heavy atom. The lowest BCUT2D eigenvalue weighted by Crippen LogP contribution is -3.14. The second kappa shape index (κ2) is 9.98. The van der Waals surface area contributed by atoms with Crippen molar-refractivity contribution in [1.82, 2.24) is 0 Å². The molecule has 0 saturated carbocycles. The van der Waals surface area contributed by atoms with Crippen LogP contribution in [0.15, 0.2) is 52.9 Å². The number of rotatable bonds is 8. The number of carbonyl (C=O) groups excluding carboxylic acids is 1. The largest absolute Gasteiger partial charge is 0.491 e. The van der Waals surface area contributed by atoms with Gasteiger partial charge in [0.25, 0.3) is 0 Å². The van der Waals surface area contributed by atoms with E-state index in [2.05, 4.69) is 0 Å². The van der Waals surface area contributed by atoms with Crippen molar-refractivity contribution in [2.24, 2.45) is 0 Å². The Morgan fingerprint density at radius 1 is 1.13 bits per heavy atom. The fraction of sp³-hybridized carbons (Fsp3) is 0.400. The Hall–Kier alpha value is -2.83. The third kappa shape index (κ3) is 5.09. The number of piperidine rings is 1. The number of hydrogen-bond acceptors (Lipinski definition) is 5. The molecule has 1 fully saturated rings. The van der Waals surface area contributed by atoms with Crippen molar-refractivity contribution in [3.63, 3.8) is 0 Å². The van der Waals surface area contributed by atoms with Crippen molar-refractivity contribution in [3.05, 3.63) is 54.1 Å². The SMILES string of the molecule is CCOC(=O)c1c(-c2ccccc2)oc2ccc(OC[C@@H](O)C[NH+]3CCCCC3)cc12. The van der Waals surface area contributed by atoms with Crippen molar-refractivity contribution in [1.29, 1.82) is 0 Å². The Kier molecular flexibility index (Phi) is 6.89. The number of nitrogens with one attached hydrogen (secondary N) is 1. The topological polar surface area (TPSA) is 73.3 Å². The van der Waals surface area contributed by atoms with Gasteiger partial charge in [0.15, 0.2) is 0 Å². The van der Waals surface area contributed by atoms with Gasteiger partial charge in [-0.2, -0.15) is 0 Å². The summed E-state index contributed by atoms with van der Waals surface area (Å²) in [5, 5.41) is 11.0. The summed E-state index contributed by atoms with van der Waals surface area (Å²) in [6.07, 6.45) is 3.20. The number of aliphatic hydroxyl groups excluding tert-OH is 1. The van der Waals surface area contributed by atoms with Gasteiger partial charge in [-0.3, -0.25) is 0 Å². The average molecular weight is 425 g/mol. The fourth-order valence-corrected chi connectivity index (χ4v) is 4.21. The summed E-state index contributed by atoms with van der Waals surface area (Å²) in [4.78, 5) is 14.2. The summed E-state index contributed by atoms with van der Waals surface area (Å²) in [7, 11) is 0. The van der Waals surface area contributed by atoms with Crippen LogP contribution >= 0.6 is 0 Å². The number of fused-ring (bicyclic) bond motifs is 1. The molecule has 164 valence electrons. The van der Waals surface area contributed by atoms with E-state index in [4.69, 9.17) is 13.9 Å². The fourth-order valence-electron chi connectivity index (χ4n) is 4.21. The van der Waals surface area contributed by atoms with Gasteiger partial charge >= 0.3 is 5.97 Å². The molecule has 1 aliphatic rings. The van der Waals surface area contributed by atoms with Gasteiger partial charge in [0.05, 0.1) is 19.7 Å². The monoisotopic (exact) mass is 424 g/mol. The van der Waals surface area contributed by atoms with Crippen LogP contribution in [0.2, 0.25) is 0 Å². The molecule has 1 atom stereocenters. The van der Waals surface area contributed by atoms with E-state index in [1.807, 2.05) is 30.3 Å². The van der Waals surface area contributed by atoms with Gasteiger partial charge in [0, 0.05) is 10.9 Å². The molecule has 0 amide bonds. The highest BCUT2D eigenvalue weighted by Gasteiger charge is 2.24. The van der Waals surface area contributed by atoms with Crippen LogP contribution in [-0.4, -0.2) is 50.0 Å². The number of likely N-dealkylation sites (tertiary alicyclic amines) is 1. The minimum absolute atomic E-state index is 0.215. The minimum atomic E-state index is -0.530. The highest BCUT2D eigenvalue weighted by molar-refractivity contribution is 6.09. The Balaban J connectivity index is 1.55. The van der Waals surface area contributed by atoms with Gasteiger partial charge in [0.2, 0.25) is 0 Å². The first-order valence-electron chi connectivity index (χ1n) is 11.1. The van der Waals surface area contributed by atoms with E-state index in [1.165, 1.54) is 24.2 Å².